The number of hydrazone groups is 1. The highest BCUT2D eigenvalue weighted by molar-refractivity contribution is 8.37. The largest absolute Gasteiger partial charge is 0.458 e. The molecule has 0 atom stereocenters. The minimum atomic E-state index is -2.58. The van der Waals surface area contributed by atoms with Gasteiger partial charge in [0.05, 0.1) is 6.21 Å². The third-order valence-electron chi connectivity index (χ3n) is 2.79. The summed E-state index contributed by atoms with van der Waals surface area (Å²) in [6, 6.07) is 16.9. The van der Waals surface area contributed by atoms with Crippen molar-refractivity contribution in [2.75, 3.05) is 13.8 Å². The van der Waals surface area contributed by atoms with Crippen LogP contribution >= 0.6 is 27.4 Å². The number of rotatable bonds is 7. The van der Waals surface area contributed by atoms with Crippen LogP contribution in [-0.2, 0) is 11.8 Å². The highest BCUT2D eigenvalue weighted by atomic mass is 35.9. The minimum Gasteiger partial charge on any atom is -0.458 e. The molecule has 2 aromatic rings. The molecule has 0 saturated heterocycles. The second kappa shape index (κ2) is 11.4. The molecule has 0 aliphatic carbocycles. The lowest BCUT2D eigenvalue weighted by atomic mass is 10.2. The van der Waals surface area contributed by atoms with Crippen molar-refractivity contribution in [2.45, 2.75) is 14.9 Å². The van der Waals surface area contributed by atoms with E-state index in [1.807, 2.05) is 54.6 Å². The monoisotopic (exact) mass is 420 g/mol. The Kier molecular flexibility index (Phi) is 10.8. The van der Waals surface area contributed by atoms with Crippen LogP contribution in [0, 0.1) is 0 Å². The Labute approximate surface area is 165 Å². The van der Waals surface area contributed by atoms with Gasteiger partial charge in [-0.3, -0.25) is 0 Å². The van der Waals surface area contributed by atoms with Crippen LogP contribution in [0.5, 0.6) is 11.5 Å². The van der Waals surface area contributed by atoms with Gasteiger partial charge < -0.3 is 9.47 Å². The number of nitrogens with zero attached hydrogens (tertiary/aromatic N) is 2. The summed E-state index contributed by atoms with van der Waals surface area (Å²) < 4.78 is 12.4. The van der Waals surface area contributed by atoms with Crippen LogP contribution in [0.4, 0.5) is 0 Å². The van der Waals surface area contributed by atoms with E-state index in [0.29, 0.717) is 5.75 Å². The SMILES string of the molecule is C.C.CN(/N=C/c1ccc(OCOc2ccccc2)cc1)P(=S)(Cl)Cl. The molecular weight excluding hydrogens is 398 g/mol. The molecule has 0 spiro atoms. The Morgan fingerprint density at radius 1 is 1.00 bits per heavy atom. The lowest BCUT2D eigenvalue weighted by molar-refractivity contribution is 0.120. The van der Waals surface area contributed by atoms with E-state index in [1.165, 1.54) is 4.78 Å². The van der Waals surface area contributed by atoms with Gasteiger partial charge in [-0.05, 0) is 76.3 Å². The first-order valence-electron chi connectivity index (χ1n) is 6.63. The van der Waals surface area contributed by atoms with Gasteiger partial charge in [0.1, 0.15) is 11.5 Å². The van der Waals surface area contributed by atoms with Crippen molar-refractivity contribution in [3.63, 3.8) is 0 Å². The second-order valence-electron chi connectivity index (χ2n) is 4.46. The Morgan fingerprint density at radius 3 is 2.04 bits per heavy atom. The van der Waals surface area contributed by atoms with E-state index in [4.69, 9.17) is 43.8 Å². The van der Waals surface area contributed by atoms with Gasteiger partial charge in [-0.1, -0.05) is 33.1 Å². The van der Waals surface area contributed by atoms with E-state index >= 15 is 0 Å². The van der Waals surface area contributed by atoms with Gasteiger partial charge in [0.15, 0.2) is 0 Å². The second-order valence-corrected chi connectivity index (χ2v) is 12.1. The van der Waals surface area contributed by atoms with Crippen LogP contribution in [0.15, 0.2) is 59.7 Å². The lowest BCUT2D eigenvalue weighted by Crippen LogP contribution is -2.05. The molecule has 0 aliphatic heterocycles. The van der Waals surface area contributed by atoms with Gasteiger partial charge in [0, 0.05) is 7.05 Å². The van der Waals surface area contributed by atoms with Crippen molar-refractivity contribution in [1.82, 2.24) is 4.78 Å². The van der Waals surface area contributed by atoms with Gasteiger partial charge >= 0.3 is 0 Å². The summed E-state index contributed by atoms with van der Waals surface area (Å²) in [6.07, 6.45) is 1.63. The minimum absolute atomic E-state index is 0. The highest BCUT2D eigenvalue weighted by Gasteiger charge is 2.12. The predicted octanol–water partition coefficient (Wildman–Crippen LogP) is 6.34. The zero-order chi connectivity index (χ0) is 16.7. The third-order valence-corrected chi connectivity index (χ3v) is 5.58. The van der Waals surface area contributed by atoms with E-state index in [0.717, 1.165) is 11.3 Å². The third kappa shape index (κ3) is 8.59. The predicted molar refractivity (Wildman–Crippen MR) is 114 cm³/mol. The summed E-state index contributed by atoms with van der Waals surface area (Å²) in [6.45, 7) is 0.141. The molecular formula is C17H23Cl2N2O2PS. The van der Waals surface area contributed by atoms with Crippen LogP contribution in [0.1, 0.15) is 20.4 Å². The Balaban J connectivity index is 0.00000288. The summed E-state index contributed by atoms with van der Waals surface area (Å²) in [5, 5.41) is 4.12. The van der Waals surface area contributed by atoms with Gasteiger partial charge in [-0.15, -0.1) is 0 Å². The maximum Gasteiger partial charge on any atom is 0.230 e. The Bertz CT molecular complexity index is 694. The average molecular weight is 421 g/mol. The average Bonchev–Trinajstić information content (AvgIpc) is 2.54. The van der Waals surface area contributed by atoms with E-state index < -0.39 is 4.89 Å². The fourth-order valence-electron chi connectivity index (χ4n) is 1.54. The molecule has 0 saturated carbocycles. The maximum atomic E-state index is 5.85. The summed E-state index contributed by atoms with van der Waals surface area (Å²) >= 11 is 16.7. The zero-order valence-corrected chi connectivity index (χ0v) is 15.5. The molecule has 4 nitrogen and oxygen atoms in total. The number of halogens is 2. The number of hydrogen-bond donors (Lipinski definition) is 0. The molecule has 0 heterocycles. The van der Waals surface area contributed by atoms with E-state index in [2.05, 4.69) is 5.10 Å². The molecule has 2 rings (SSSR count). The van der Waals surface area contributed by atoms with E-state index in [9.17, 15) is 0 Å². The van der Waals surface area contributed by atoms with Crippen LogP contribution in [0.3, 0.4) is 0 Å². The van der Waals surface area contributed by atoms with Gasteiger partial charge in [-0.2, -0.15) is 5.10 Å². The molecule has 138 valence electrons. The van der Waals surface area contributed by atoms with Crippen molar-refractivity contribution >= 4 is 45.4 Å². The Hall–Kier alpha value is -1.26. The molecule has 25 heavy (non-hydrogen) atoms. The smallest absolute Gasteiger partial charge is 0.230 e. The molecule has 0 amide bonds. The zero-order valence-electron chi connectivity index (χ0n) is 12.3. The van der Waals surface area contributed by atoms with Crippen molar-refractivity contribution < 1.29 is 9.47 Å². The first-order valence-corrected chi connectivity index (χ1v) is 11.2. The van der Waals surface area contributed by atoms with Crippen molar-refractivity contribution in [2.24, 2.45) is 5.10 Å². The van der Waals surface area contributed by atoms with Gasteiger partial charge in [0.25, 0.3) is 0 Å². The summed E-state index contributed by atoms with van der Waals surface area (Å²) in [5.74, 6) is 1.46. The normalized spacial score (nSPS) is 10.5. The standard InChI is InChI=1S/C15H15Cl2N2O2PS.2CH4/c1-19(22(16,17)23)18-11-13-7-9-15(10-8-13)21-12-20-14-5-3-2-4-6-14;;/h2-11H,12H2,1H3;2*1H4/b18-11+;;. The molecule has 8 heteroatoms. The summed E-state index contributed by atoms with van der Waals surface area (Å²) in [5.41, 5.74) is 0.880. The topological polar surface area (TPSA) is 34.1 Å². The van der Waals surface area contributed by atoms with Crippen LogP contribution in [0.2, 0.25) is 0 Å². The van der Waals surface area contributed by atoms with E-state index in [1.54, 1.807) is 13.3 Å². The van der Waals surface area contributed by atoms with Gasteiger partial charge in [-0.25, -0.2) is 4.78 Å². The fourth-order valence-corrected chi connectivity index (χ4v) is 2.08. The molecule has 0 N–H and O–H groups in total. The molecule has 0 fully saturated rings. The number of benzene rings is 2. The molecule has 0 unspecified atom stereocenters. The first-order chi connectivity index (χ1) is 10.9. The van der Waals surface area contributed by atoms with Crippen LogP contribution in [0.25, 0.3) is 0 Å². The summed E-state index contributed by atoms with van der Waals surface area (Å²) in [4.78, 5) is -2.58. The van der Waals surface area contributed by atoms with Crippen LogP contribution in [-0.4, -0.2) is 24.8 Å². The fraction of sp³-hybridized carbons (Fsp3) is 0.235. The number of ether oxygens (including phenoxy) is 2. The maximum absolute atomic E-state index is 5.85. The number of hydrogen-bond acceptors (Lipinski definition) is 4. The van der Waals surface area contributed by atoms with E-state index in [-0.39, 0.29) is 21.6 Å². The molecule has 0 radical (unpaired) electrons. The number of para-hydroxylation sites is 1. The quantitative estimate of drug-likeness (QED) is 0.226. The molecule has 0 aliphatic rings. The lowest BCUT2D eigenvalue weighted by Gasteiger charge is -2.15. The summed E-state index contributed by atoms with van der Waals surface area (Å²) in [7, 11) is 1.65. The highest BCUT2D eigenvalue weighted by Crippen LogP contribution is 2.59. The van der Waals surface area contributed by atoms with Crippen molar-refractivity contribution in [1.29, 1.82) is 0 Å². The molecule has 0 bridgehead atoms. The van der Waals surface area contributed by atoms with Gasteiger partial charge in [0.2, 0.25) is 11.7 Å². The van der Waals surface area contributed by atoms with Crippen LogP contribution < -0.4 is 9.47 Å². The molecule has 0 aromatic heterocycles. The Morgan fingerprint density at radius 2 is 1.52 bits per heavy atom. The molecule has 2 aromatic carbocycles. The van der Waals surface area contributed by atoms with Crippen molar-refractivity contribution in [3.8, 4) is 11.5 Å². The first kappa shape index (κ1) is 23.7. The van der Waals surface area contributed by atoms with Crippen molar-refractivity contribution in [3.05, 3.63) is 60.2 Å².